The topological polar surface area (TPSA) is 103 Å². The average molecular weight is 418 g/mol. The van der Waals surface area contributed by atoms with Crippen LogP contribution < -0.4 is 20.1 Å². The summed E-state index contributed by atoms with van der Waals surface area (Å²) in [6.45, 7) is 2.01. The fourth-order valence-corrected chi connectivity index (χ4v) is 2.34. The number of hydrogen-bond donors (Lipinski definition) is 2. The van der Waals surface area contributed by atoms with Crippen molar-refractivity contribution in [2.45, 2.75) is 19.8 Å². The Bertz CT molecular complexity index is 874. The summed E-state index contributed by atoms with van der Waals surface area (Å²) in [6, 6.07) is 11.8. The molecule has 30 heavy (non-hydrogen) atoms. The number of anilines is 1. The van der Waals surface area contributed by atoms with Crippen LogP contribution in [0.2, 0.25) is 0 Å². The number of nitrogens with one attached hydrogen (secondary N) is 2. The number of amides is 3. The van der Waals surface area contributed by atoms with Gasteiger partial charge in [0.25, 0.3) is 5.91 Å². The zero-order valence-corrected chi connectivity index (χ0v) is 16.5. The van der Waals surface area contributed by atoms with Gasteiger partial charge in [0.2, 0.25) is 0 Å². The number of imide groups is 1. The van der Waals surface area contributed by atoms with Crippen LogP contribution >= 0.6 is 0 Å². The van der Waals surface area contributed by atoms with Crippen LogP contribution in [-0.2, 0) is 14.3 Å². The van der Waals surface area contributed by atoms with Crippen LogP contribution in [0, 0.1) is 5.82 Å². The van der Waals surface area contributed by atoms with Gasteiger partial charge in [-0.3, -0.25) is 14.9 Å². The van der Waals surface area contributed by atoms with Gasteiger partial charge in [-0.2, -0.15) is 0 Å². The first-order chi connectivity index (χ1) is 14.5. The van der Waals surface area contributed by atoms with Crippen molar-refractivity contribution < 1.29 is 33.0 Å². The minimum absolute atomic E-state index is 0.0332. The van der Waals surface area contributed by atoms with Gasteiger partial charge in [0.1, 0.15) is 5.82 Å². The average Bonchev–Trinajstić information content (AvgIpc) is 2.72. The number of hydrogen-bond acceptors (Lipinski definition) is 6. The summed E-state index contributed by atoms with van der Waals surface area (Å²) in [5, 5.41) is 4.13. The molecule has 0 atom stereocenters. The molecule has 0 fully saturated rings. The first kappa shape index (κ1) is 22.7. The lowest BCUT2D eigenvalue weighted by atomic mass is 10.3. The van der Waals surface area contributed by atoms with E-state index >= 15 is 0 Å². The lowest BCUT2D eigenvalue weighted by Gasteiger charge is -2.11. The van der Waals surface area contributed by atoms with E-state index in [9.17, 15) is 18.8 Å². The van der Waals surface area contributed by atoms with Gasteiger partial charge in [0.05, 0.1) is 18.9 Å². The number of carbonyl (C=O) groups is 3. The Balaban J connectivity index is 1.63. The van der Waals surface area contributed by atoms with Crippen molar-refractivity contribution in [3.05, 3.63) is 54.3 Å². The van der Waals surface area contributed by atoms with E-state index in [2.05, 4.69) is 5.32 Å². The maximum absolute atomic E-state index is 13.4. The number of halogens is 1. The molecule has 2 rings (SSSR count). The van der Waals surface area contributed by atoms with Gasteiger partial charge in [-0.25, -0.2) is 9.18 Å². The molecule has 0 aliphatic heterocycles. The van der Waals surface area contributed by atoms with Gasteiger partial charge in [0, 0.05) is 6.42 Å². The van der Waals surface area contributed by atoms with E-state index in [1.165, 1.54) is 24.3 Å². The molecule has 0 aliphatic carbocycles. The smallest absolute Gasteiger partial charge is 0.326 e. The van der Waals surface area contributed by atoms with Crippen molar-refractivity contribution in [2.75, 3.05) is 25.1 Å². The van der Waals surface area contributed by atoms with E-state index in [1.54, 1.807) is 12.1 Å². The third-order valence-corrected chi connectivity index (χ3v) is 3.67. The summed E-state index contributed by atoms with van der Waals surface area (Å²) in [5.74, 6) is -0.890. The Labute approximate surface area is 173 Å². The molecule has 0 saturated carbocycles. The van der Waals surface area contributed by atoms with E-state index < -0.39 is 30.3 Å². The molecule has 0 heterocycles. The maximum atomic E-state index is 13.4. The molecule has 2 N–H and O–H groups in total. The van der Waals surface area contributed by atoms with Gasteiger partial charge < -0.3 is 19.5 Å². The summed E-state index contributed by atoms with van der Waals surface area (Å²) in [7, 11) is 0. The number of para-hydroxylation sites is 3. The summed E-state index contributed by atoms with van der Waals surface area (Å²) in [4.78, 5) is 35.0. The first-order valence-corrected chi connectivity index (χ1v) is 9.35. The number of benzene rings is 2. The number of carbonyl (C=O) groups excluding carboxylic acids is 3. The molecule has 0 aliphatic rings. The molecule has 0 saturated heterocycles. The molecule has 9 heteroatoms. The number of esters is 1. The van der Waals surface area contributed by atoms with Crippen molar-refractivity contribution in [1.29, 1.82) is 0 Å². The second-order valence-electron chi connectivity index (χ2n) is 5.97. The highest BCUT2D eigenvalue weighted by Crippen LogP contribution is 2.26. The van der Waals surface area contributed by atoms with E-state index in [1.807, 2.05) is 24.4 Å². The second-order valence-corrected chi connectivity index (χ2v) is 5.97. The molecule has 0 aromatic heterocycles. The molecule has 2 aromatic carbocycles. The third-order valence-electron chi connectivity index (χ3n) is 3.67. The number of urea groups is 1. The second kappa shape index (κ2) is 12.1. The largest absolute Gasteiger partial charge is 0.490 e. The molecule has 0 spiro atoms. The first-order valence-electron chi connectivity index (χ1n) is 9.35. The lowest BCUT2D eigenvalue weighted by Crippen LogP contribution is -2.37. The number of ether oxygens (including phenoxy) is 3. The van der Waals surface area contributed by atoms with Crippen LogP contribution in [0.1, 0.15) is 19.8 Å². The number of rotatable bonds is 10. The molecule has 8 nitrogen and oxygen atoms in total. The minimum atomic E-state index is -0.928. The maximum Gasteiger partial charge on any atom is 0.326 e. The predicted molar refractivity (Wildman–Crippen MR) is 107 cm³/mol. The highest BCUT2D eigenvalue weighted by atomic mass is 19.1. The normalized spacial score (nSPS) is 10.1. The van der Waals surface area contributed by atoms with Crippen LogP contribution in [0.4, 0.5) is 14.9 Å². The van der Waals surface area contributed by atoms with Crippen molar-refractivity contribution in [2.24, 2.45) is 0 Å². The van der Waals surface area contributed by atoms with Crippen molar-refractivity contribution in [3.63, 3.8) is 0 Å². The zero-order chi connectivity index (χ0) is 21.8. The van der Waals surface area contributed by atoms with E-state index in [0.717, 1.165) is 0 Å². The fraction of sp³-hybridized carbons (Fsp3) is 0.286. The highest BCUT2D eigenvalue weighted by molar-refractivity contribution is 6.01. The molecule has 0 radical (unpaired) electrons. The Hall–Kier alpha value is -3.62. The van der Waals surface area contributed by atoms with E-state index in [4.69, 9.17) is 14.2 Å². The molecular weight excluding hydrogens is 395 g/mol. The van der Waals surface area contributed by atoms with E-state index in [0.29, 0.717) is 24.5 Å². The minimum Gasteiger partial charge on any atom is -0.490 e. The molecule has 160 valence electrons. The SMILES string of the molecule is CCOc1ccccc1OCCCC(=O)OCC(=O)NC(=O)Nc1ccccc1F. The Kier molecular flexibility index (Phi) is 9.11. The van der Waals surface area contributed by atoms with Crippen molar-refractivity contribution in [3.8, 4) is 11.5 Å². The van der Waals surface area contributed by atoms with Crippen LogP contribution in [0.5, 0.6) is 11.5 Å². The van der Waals surface area contributed by atoms with Crippen LogP contribution in [0.25, 0.3) is 0 Å². The van der Waals surface area contributed by atoms with E-state index in [-0.39, 0.29) is 18.7 Å². The summed E-state index contributed by atoms with van der Waals surface area (Å²) in [6.07, 6.45) is 0.403. The Morgan fingerprint density at radius 2 is 1.63 bits per heavy atom. The third kappa shape index (κ3) is 7.78. The summed E-state index contributed by atoms with van der Waals surface area (Å²) in [5.41, 5.74) is -0.0781. The molecule has 0 unspecified atom stereocenters. The van der Waals surface area contributed by atoms with Crippen molar-refractivity contribution >= 4 is 23.6 Å². The fourth-order valence-electron chi connectivity index (χ4n) is 2.34. The molecule has 3 amide bonds. The molecule has 0 bridgehead atoms. The molecular formula is C21H23FN2O6. The standard InChI is InChI=1S/C21H23FN2O6/c1-2-28-17-10-5-6-11-18(17)29-13-7-12-20(26)30-14-19(25)24-21(27)23-16-9-4-3-8-15(16)22/h3-6,8-11H,2,7,12-14H2,1H3,(H2,23,24,25,27). The van der Waals surface area contributed by atoms with Gasteiger partial charge in [-0.05, 0) is 37.6 Å². The monoisotopic (exact) mass is 418 g/mol. The van der Waals surface area contributed by atoms with Gasteiger partial charge in [0.15, 0.2) is 18.1 Å². The zero-order valence-electron chi connectivity index (χ0n) is 16.5. The molecule has 2 aromatic rings. The summed E-state index contributed by atoms with van der Waals surface area (Å²) < 4.78 is 29.3. The summed E-state index contributed by atoms with van der Waals surface area (Å²) >= 11 is 0. The van der Waals surface area contributed by atoms with Gasteiger partial charge >= 0.3 is 12.0 Å². The van der Waals surface area contributed by atoms with Crippen LogP contribution in [0.15, 0.2) is 48.5 Å². The quantitative estimate of drug-likeness (QED) is 0.453. The Morgan fingerprint density at radius 1 is 0.967 bits per heavy atom. The predicted octanol–water partition coefficient (Wildman–Crippen LogP) is 3.27. The highest BCUT2D eigenvalue weighted by Gasteiger charge is 2.12. The van der Waals surface area contributed by atoms with Crippen molar-refractivity contribution in [1.82, 2.24) is 5.32 Å². The van der Waals surface area contributed by atoms with Gasteiger partial charge in [-0.1, -0.05) is 24.3 Å². The van der Waals surface area contributed by atoms with Crippen LogP contribution in [0.3, 0.4) is 0 Å². The van der Waals surface area contributed by atoms with Gasteiger partial charge in [-0.15, -0.1) is 0 Å². The lowest BCUT2D eigenvalue weighted by molar-refractivity contribution is -0.148. The Morgan fingerprint density at radius 3 is 2.33 bits per heavy atom. The van der Waals surface area contributed by atoms with Crippen LogP contribution in [-0.4, -0.2) is 37.7 Å².